The maximum atomic E-state index is 12.4. The van der Waals surface area contributed by atoms with Crippen LogP contribution in [0.3, 0.4) is 0 Å². The molecule has 1 saturated heterocycles. The number of carbonyl (C=O) groups is 1. The van der Waals surface area contributed by atoms with Crippen molar-refractivity contribution in [2.24, 2.45) is 5.73 Å². The predicted molar refractivity (Wildman–Crippen MR) is 78.2 cm³/mol. The van der Waals surface area contributed by atoms with E-state index in [0.717, 1.165) is 12.8 Å². The van der Waals surface area contributed by atoms with Crippen molar-refractivity contribution in [3.05, 3.63) is 39.4 Å². The number of rotatable bonds is 2. The summed E-state index contributed by atoms with van der Waals surface area (Å²) < 4.78 is 0. The van der Waals surface area contributed by atoms with Gasteiger partial charge in [0.05, 0.1) is 4.92 Å². The van der Waals surface area contributed by atoms with Gasteiger partial charge in [0.2, 0.25) is 0 Å². The maximum absolute atomic E-state index is 12.4. The highest BCUT2D eigenvalue weighted by molar-refractivity contribution is 5.98. The van der Waals surface area contributed by atoms with Gasteiger partial charge in [0, 0.05) is 24.7 Å². The zero-order valence-electron chi connectivity index (χ0n) is 11.2. The molecule has 0 saturated carbocycles. The number of nitrogens with zero attached hydrogens (tertiary/aromatic N) is 2. The topological polar surface area (TPSA) is 89.5 Å². The Balaban J connectivity index is 0.00000200. The van der Waals surface area contributed by atoms with Crippen LogP contribution in [0.15, 0.2) is 18.2 Å². The first-order chi connectivity index (χ1) is 9.00. The summed E-state index contributed by atoms with van der Waals surface area (Å²) in [4.78, 5) is 24.6. The van der Waals surface area contributed by atoms with Gasteiger partial charge in [0.1, 0.15) is 5.56 Å². The van der Waals surface area contributed by atoms with Crippen LogP contribution in [0.5, 0.6) is 0 Å². The quantitative estimate of drug-likeness (QED) is 0.667. The van der Waals surface area contributed by atoms with E-state index in [1.165, 1.54) is 6.07 Å². The van der Waals surface area contributed by atoms with Crippen molar-refractivity contribution in [2.75, 3.05) is 13.1 Å². The van der Waals surface area contributed by atoms with E-state index < -0.39 is 4.92 Å². The van der Waals surface area contributed by atoms with E-state index in [0.29, 0.717) is 18.7 Å². The van der Waals surface area contributed by atoms with Crippen LogP contribution in [-0.2, 0) is 0 Å². The monoisotopic (exact) mass is 299 g/mol. The lowest BCUT2D eigenvalue weighted by Crippen LogP contribution is -2.45. The SMILES string of the molecule is Cc1cccc(C(=O)N2CCCC(N)C2)c1[N+](=O)[O-].Cl. The van der Waals surface area contributed by atoms with Crippen molar-refractivity contribution in [1.82, 2.24) is 4.90 Å². The van der Waals surface area contributed by atoms with E-state index in [1.807, 2.05) is 0 Å². The lowest BCUT2D eigenvalue weighted by molar-refractivity contribution is -0.385. The number of nitrogens with two attached hydrogens (primary N) is 1. The molecule has 1 heterocycles. The number of likely N-dealkylation sites (tertiary alicyclic amines) is 1. The van der Waals surface area contributed by atoms with E-state index in [1.54, 1.807) is 24.0 Å². The number of halogens is 1. The molecule has 1 aliphatic heterocycles. The van der Waals surface area contributed by atoms with Crippen LogP contribution in [-0.4, -0.2) is 34.9 Å². The number of benzene rings is 1. The largest absolute Gasteiger partial charge is 0.337 e. The third-order valence-electron chi connectivity index (χ3n) is 3.40. The van der Waals surface area contributed by atoms with Crippen molar-refractivity contribution in [1.29, 1.82) is 0 Å². The van der Waals surface area contributed by atoms with Crippen molar-refractivity contribution >= 4 is 24.0 Å². The minimum absolute atomic E-state index is 0. The van der Waals surface area contributed by atoms with Gasteiger partial charge in [-0.05, 0) is 25.8 Å². The zero-order valence-corrected chi connectivity index (χ0v) is 12.1. The molecular formula is C13H18ClN3O3. The Bertz CT molecular complexity index is 522. The third-order valence-corrected chi connectivity index (χ3v) is 3.40. The number of hydrogen-bond donors (Lipinski definition) is 1. The number of aryl methyl sites for hydroxylation is 1. The van der Waals surface area contributed by atoms with Crippen molar-refractivity contribution < 1.29 is 9.72 Å². The van der Waals surface area contributed by atoms with Gasteiger partial charge in [0.25, 0.3) is 11.6 Å². The van der Waals surface area contributed by atoms with Crippen LogP contribution in [0.4, 0.5) is 5.69 Å². The van der Waals surface area contributed by atoms with E-state index in [4.69, 9.17) is 5.73 Å². The number of carbonyl (C=O) groups excluding carboxylic acids is 1. The fourth-order valence-electron chi connectivity index (χ4n) is 2.44. The van der Waals surface area contributed by atoms with Gasteiger partial charge in [-0.2, -0.15) is 0 Å². The second-order valence-electron chi connectivity index (χ2n) is 4.88. The molecule has 2 N–H and O–H groups in total. The second-order valence-corrected chi connectivity index (χ2v) is 4.88. The van der Waals surface area contributed by atoms with E-state index >= 15 is 0 Å². The number of para-hydroxylation sites is 1. The van der Waals surface area contributed by atoms with Gasteiger partial charge in [-0.25, -0.2) is 0 Å². The van der Waals surface area contributed by atoms with Gasteiger partial charge in [-0.1, -0.05) is 12.1 Å². The van der Waals surface area contributed by atoms with Gasteiger partial charge < -0.3 is 10.6 Å². The average molecular weight is 300 g/mol. The molecule has 0 radical (unpaired) electrons. The van der Waals surface area contributed by atoms with Crippen LogP contribution < -0.4 is 5.73 Å². The molecule has 0 bridgehead atoms. The standard InChI is InChI=1S/C13H17N3O3.ClH/c1-9-4-2-6-11(12(9)16(18)19)13(17)15-7-3-5-10(14)8-15;/h2,4,6,10H,3,5,7-8,14H2,1H3;1H. The first-order valence-corrected chi connectivity index (χ1v) is 6.29. The van der Waals surface area contributed by atoms with Crippen LogP contribution in [0, 0.1) is 17.0 Å². The molecule has 1 aliphatic rings. The van der Waals surface area contributed by atoms with Crippen molar-refractivity contribution in [2.45, 2.75) is 25.8 Å². The Morgan fingerprint density at radius 2 is 2.20 bits per heavy atom. The Morgan fingerprint density at radius 1 is 1.50 bits per heavy atom. The van der Waals surface area contributed by atoms with Crippen molar-refractivity contribution in [3.8, 4) is 0 Å². The number of hydrogen-bond acceptors (Lipinski definition) is 4. The highest BCUT2D eigenvalue weighted by atomic mass is 35.5. The van der Waals surface area contributed by atoms with Gasteiger partial charge in [-0.3, -0.25) is 14.9 Å². The molecule has 110 valence electrons. The number of nitro groups is 1. The summed E-state index contributed by atoms with van der Waals surface area (Å²) in [5, 5.41) is 11.1. The van der Waals surface area contributed by atoms with E-state index in [9.17, 15) is 14.9 Å². The molecule has 0 aliphatic carbocycles. The smallest absolute Gasteiger partial charge is 0.285 e. The lowest BCUT2D eigenvalue weighted by Gasteiger charge is -2.30. The summed E-state index contributed by atoms with van der Waals surface area (Å²) in [7, 11) is 0. The fourth-order valence-corrected chi connectivity index (χ4v) is 2.44. The molecule has 0 aromatic heterocycles. The van der Waals surface area contributed by atoms with Crippen LogP contribution >= 0.6 is 12.4 Å². The summed E-state index contributed by atoms with van der Waals surface area (Å²) in [6.07, 6.45) is 1.73. The summed E-state index contributed by atoms with van der Waals surface area (Å²) >= 11 is 0. The Hall–Kier alpha value is -1.66. The minimum Gasteiger partial charge on any atom is -0.337 e. The maximum Gasteiger partial charge on any atom is 0.285 e. The van der Waals surface area contributed by atoms with Crippen LogP contribution in [0.25, 0.3) is 0 Å². The Morgan fingerprint density at radius 3 is 2.80 bits per heavy atom. The Labute approximate surface area is 123 Å². The Kier molecular flexibility index (Phi) is 5.47. The van der Waals surface area contributed by atoms with Crippen LogP contribution in [0.1, 0.15) is 28.8 Å². The van der Waals surface area contributed by atoms with Crippen molar-refractivity contribution in [3.63, 3.8) is 0 Å². The summed E-state index contributed by atoms with van der Waals surface area (Å²) in [5.41, 5.74) is 6.39. The highest BCUT2D eigenvalue weighted by Gasteiger charge is 2.28. The first-order valence-electron chi connectivity index (χ1n) is 6.29. The molecule has 1 unspecified atom stereocenters. The average Bonchev–Trinajstić information content (AvgIpc) is 2.37. The molecular weight excluding hydrogens is 282 g/mol. The molecule has 1 fully saturated rings. The first kappa shape index (κ1) is 16.4. The minimum atomic E-state index is -0.494. The predicted octanol–water partition coefficient (Wildman–Crippen LogP) is 1.89. The van der Waals surface area contributed by atoms with E-state index in [2.05, 4.69) is 0 Å². The van der Waals surface area contributed by atoms with Gasteiger partial charge in [-0.15, -0.1) is 12.4 Å². The lowest BCUT2D eigenvalue weighted by atomic mass is 10.0. The molecule has 0 spiro atoms. The summed E-state index contributed by atoms with van der Waals surface area (Å²) in [6, 6.07) is 4.77. The molecule has 1 amide bonds. The number of piperidine rings is 1. The second kappa shape index (κ2) is 6.67. The molecule has 1 aromatic rings. The third kappa shape index (κ3) is 3.26. The highest BCUT2D eigenvalue weighted by Crippen LogP contribution is 2.25. The molecule has 7 heteroatoms. The molecule has 1 atom stereocenters. The molecule has 2 rings (SSSR count). The van der Waals surface area contributed by atoms with Gasteiger partial charge in [0.15, 0.2) is 0 Å². The summed E-state index contributed by atoms with van der Waals surface area (Å²) in [6.45, 7) is 2.71. The molecule has 1 aromatic carbocycles. The number of nitro benzene ring substituents is 1. The molecule has 6 nitrogen and oxygen atoms in total. The summed E-state index contributed by atoms with van der Waals surface area (Å²) in [5.74, 6) is -0.300. The number of amides is 1. The van der Waals surface area contributed by atoms with Crippen LogP contribution in [0.2, 0.25) is 0 Å². The molecule has 20 heavy (non-hydrogen) atoms. The van der Waals surface area contributed by atoms with E-state index in [-0.39, 0.29) is 35.6 Å². The zero-order chi connectivity index (χ0) is 14.0. The normalized spacial score (nSPS) is 18.3. The van der Waals surface area contributed by atoms with Gasteiger partial charge >= 0.3 is 0 Å². The fraction of sp³-hybridized carbons (Fsp3) is 0.462.